The Morgan fingerprint density at radius 1 is 1.16 bits per heavy atom. The van der Waals surface area contributed by atoms with Crippen molar-refractivity contribution in [1.82, 2.24) is 14.7 Å². The molecule has 1 fully saturated rings. The number of anilines is 1. The fourth-order valence-electron chi connectivity index (χ4n) is 2.54. The molecule has 3 rings (SSSR count). The maximum Gasteiger partial charge on any atom is 0.274 e. The summed E-state index contributed by atoms with van der Waals surface area (Å²) < 4.78 is 6.88. The summed E-state index contributed by atoms with van der Waals surface area (Å²) in [7, 11) is 0. The number of ether oxygens (including phenoxy) is 1. The van der Waals surface area contributed by atoms with E-state index in [1.54, 1.807) is 15.6 Å². The van der Waals surface area contributed by atoms with E-state index >= 15 is 0 Å². The number of nitrogens with one attached hydrogen (secondary N) is 1. The van der Waals surface area contributed by atoms with Gasteiger partial charge in [0.25, 0.3) is 5.91 Å². The van der Waals surface area contributed by atoms with Crippen LogP contribution < -0.4 is 5.32 Å². The topological polar surface area (TPSA) is 76.5 Å². The minimum Gasteiger partial charge on any atom is -0.378 e. The quantitative estimate of drug-likeness (QED) is 0.921. The molecule has 1 aromatic heterocycles. The van der Waals surface area contributed by atoms with Crippen LogP contribution in [0.3, 0.4) is 0 Å². The third-order valence-corrected chi connectivity index (χ3v) is 4.00. The third-order valence-electron chi connectivity index (χ3n) is 4.00. The molecule has 0 unspecified atom stereocenters. The third kappa shape index (κ3) is 3.88. The number of aromatic nitrogens is 2. The molecule has 1 N–H and O–H groups in total. The highest BCUT2D eigenvalue weighted by Crippen LogP contribution is 2.19. The number of amides is 2. The van der Waals surface area contributed by atoms with Gasteiger partial charge < -0.3 is 15.0 Å². The zero-order valence-corrected chi connectivity index (χ0v) is 14.4. The lowest BCUT2D eigenvalue weighted by atomic mass is 10.2. The van der Waals surface area contributed by atoms with Gasteiger partial charge in [0.05, 0.1) is 18.9 Å². The molecule has 0 spiro atoms. The summed E-state index contributed by atoms with van der Waals surface area (Å²) >= 11 is 0. The second-order valence-electron chi connectivity index (χ2n) is 6.21. The van der Waals surface area contributed by atoms with Crippen LogP contribution in [-0.4, -0.2) is 52.8 Å². The van der Waals surface area contributed by atoms with Gasteiger partial charge in [-0.15, -0.1) is 0 Å². The fraction of sp³-hybridized carbons (Fsp3) is 0.389. The van der Waals surface area contributed by atoms with Gasteiger partial charge in [-0.05, 0) is 12.1 Å². The van der Waals surface area contributed by atoms with Crippen LogP contribution in [-0.2, 0) is 9.53 Å². The van der Waals surface area contributed by atoms with E-state index in [9.17, 15) is 9.59 Å². The summed E-state index contributed by atoms with van der Waals surface area (Å²) in [4.78, 5) is 26.5. The van der Waals surface area contributed by atoms with Gasteiger partial charge >= 0.3 is 0 Å². The fourth-order valence-corrected chi connectivity index (χ4v) is 2.54. The standard InChI is InChI=1S/C18H22N4O3/c1-13(2)17(23)19-16-12-15(18(24)21-8-10-25-11-9-21)20-22(16)14-6-4-3-5-7-14/h3-7,12-13H,8-11H2,1-2H3,(H,19,23). The van der Waals surface area contributed by atoms with E-state index < -0.39 is 0 Å². The molecule has 0 aliphatic carbocycles. The Hall–Kier alpha value is -2.67. The monoisotopic (exact) mass is 342 g/mol. The number of hydrogen-bond donors (Lipinski definition) is 1. The summed E-state index contributed by atoms with van der Waals surface area (Å²) in [6.45, 7) is 5.79. The molecule has 0 radical (unpaired) electrons. The van der Waals surface area contributed by atoms with Gasteiger partial charge in [-0.1, -0.05) is 32.0 Å². The maximum absolute atomic E-state index is 12.7. The molecule has 7 heteroatoms. The molecule has 1 aliphatic rings. The Bertz CT molecular complexity index is 749. The molecule has 2 heterocycles. The molecular weight excluding hydrogens is 320 g/mol. The Kier molecular flexibility index (Phi) is 5.14. The van der Waals surface area contributed by atoms with Crippen molar-refractivity contribution < 1.29 is 14.3 Å². The minimum atomic E-state index is -0.169. The largest absolute Gasteiger partial charge is 0.378 e. The zero-order valence-electron chi connectivity index (χ0n) is 14.4. The van der Waals surface area contributed by atoms with Gasteiger partial charge in [-0.2, -0.15) is 5.10 Å². The highest BCUT2D eigenvalue weighted by molar-refractivity contribution is 5.96. The van der Waals surface area contributed by atoms with Crippen LogP contribution in [0.25, 0.3) is 5.69 Å². The molecular formula is C18H22N4O3. The number of hydrogen-bond acceptors (Lipinski definition) is 4. The Labute approximate surface area is 146 Å². The van der Waals surface area contributed by atoms with Gasteiger partial charge in [0.1, 0.15) is 5.82 Å². The number of para-hydroxylation sites is 1. The average molecular weight is 342 g/mol. The van der Waals surface area contributed by atoms with E-state index in [1.165, 1.54) is 0 Å². The number of morpholine rings is 1. The predicted molar refractivity (Wildman–Crippen MR) is 93.8 cm³/mol. The Morgan fingerprint density at radius 2 is 1.84 bits per heavy atom. The number of carbonyl (C=O) groups is 2. The van der Waals surface area contributed by atoms with E-state index in [0.29, 0.717) is 37.8 Å². The second-order valence-corrected chi connectivity index (χ2v) is 6.21. The highest BCUT2D eigenvalue weighted by Gasteiger charge is 2.23. The Balaban J connectivity index is 1.93. The minimum absolute atomic E-state index is 0.123. The van der Waals surface area contributed by atoms with Crippen LogP contribution in [0.15, 0.2) is 36.4 Å². The van der Waals surface area contributed by atoms with Crippen LogP contribution in [0, 0.1) is 5.92 Å². The number of carbonyl (C=O) groups excluding carboxylic acids is 2. The van der Waals surface area contributed by atoms with Crippen molar-refractivity contribution in [1.29, 1.82) is 0 Å². The van der Waals surface area contributed by atoms with Gasteiger partial charge in [-0.3, -0.25) is 9.59 Å². The summed E-state index contributed by atoms with van der Waals surface area (Å²) in [5.74, 6) is 0.0412. The SMILES string of the molecule is CC(C)C(=O)Nc1cc(C(=O)N2CCOCC2)nn1-c1ccccc1. The summed E-state index contributed by atoms with van der Waals surface area (Å²) in [6, 6.07) is 11.1. The van der Waals surface area contributed by atoms with Crippen molar-refractivity contribution >= 4 is 17.6 Å². The Morgan fingerprint density at radius 3 is 2.48 bits per heavy atom. The van der Waals surface area contributed by atoms with Gasteiger partial charge in [0.2, 0.25) is 5.91 Å². The summed E-state index contributed by atoms with van der Waals surface area (Å²) in [6.07, 6.45) is 0. The molecule has 7 nitrogen and oxygen atoms in total. The molecule has 0 saturated carbocycles. The van der Waals surface area contributed by atoms with Crippen molar-refractivity contribution in [2.75, 3.05) is 31.6 Å². The molecule has 1 aromatic carbocycles. The summed E-state index contributed by atoms with van der Waals surface area (Å²) in [5.41, 5.74) is 1.09. The molecule has 2 amide bonds. The number of nitrogens with zero attached hydrogens (tertiary/aromatic N) is 3. The first kappa shape index (κ1) is 17.2. The lowest BCUT2D eigenvalue weighted by Crippen LogP contribution is -2.40. The number of benzene rings is 1. The molecule has 0 atom stereocenters. The second kappa shape index (κ2) is 7.48. The lowest BCUT2D eigenvalue weighted by molar-refractivity contribution is -0.118. The van der Waals surface area contributed by atoms with Crippen molar-refractivity contribution in [3.63, 3.8) is 0 Å². The van der Waals surface area contributed by atoms with E-state index in [0.717, 1.165) is 5.69 Å². The molecule has 1 aliphatic heterocycles. The van der Waals surface area contributed by atoms with Crippen molar-refractivity contribution in [2.24, 2.45) is 5.92 Å². The molecule has 2 aromatic rings. The predicted octanol–water partition coefficient (Wildman–Crippen LogP) is 1.94. The lowest BCUT2D eigenvalue weighted by Gasteiger charge is -2.25. The van der Waals surface area contributed by atoms with Crippen molar-refractivity contribution in [2.45, 2.75) is 13.8 Å². The van der Waals surface area contributed by atoms with Crippen LogP contribution in [0.2, 0.25) is 0 Å². The van der Waals surface area contributed by atoms with E-state index in [4.69, 9.17) is 4.74 Å². The average Bonchev–Trinajstić information content (AvgIpc) is 3.06. The molecule has 0 bridgehead atoms. The van der Waals surface area contributed by atoms with Gasteiger partial charge in [0, 0.05) is 25.1 Å². The van der Waals surface area contributed by atoms with E-state index in [2.05, 4.69) is 10.4 Å². The zero-order chi connectivity index (χ0) is 17.8. The molecule has 1 saturated heterocycles. The molecule has 25 heavy (non-hydrogen) atoms. The van der Waals surface area contributed by atoms with Crippen molar-refractivity contribution in [3.8, 4) is 5.69 Å². The first-order valence-corrected chi connectivity index (χ1v) is 8.39. The van der Waals surface area contributed by atoms with Crippen LogP contribution >= 0.6 is 0 Å². The summed E-state index contributed by atoms with van der Waals surface area (Å²) in [5, 5.41) is 7.29. The van der Waals surface area contributed by atoms with Gasteiger partial charge in [-0.25, -0.2) is 4.68 Å². The van der Waals surface area contributed by atoms with Gasteiger partial charge in [0.15, 0.2) is 5.69 Å². The van der Waals surface area contributed by atoms with Crippen molar-refractivity contribution in [3.05, 3.63) is 42.1 Å². The van der Waals surface area contributed by atoms with Crippen LogP contribution in [0.4, 0.5) is 5.82 Å². The smallest absolute Gasteiger partial charge is 0.274 e. The first-order chi connectivity index (χ1) is 12.1. The van der Waals surface area contributed by atoms with Crippen LogP contribution in [0.5, 0.6) is 0 Å². The normalized spacial score (nSPS) is 14.6. The highest BCUT2D eigenvalue weighted by atomic mass is 16.5. The number of rotatable bonds is 4. The molecule has 132 valence electrons. The van der Waals surface area contributed by atoms with E-state index in [-0.39, 0.29) is 17.7 Å². The first-order valence-electron chi connectivity index (χ1n) is 8.39. The maximum atomic E-state index is 12.7. The van der Waals surface area contributed by atoms with E-state index in [1.807, 2.05) is 44.2 Å². The van der Waals surface area contributed by atoms with Crippen LogP contribution in [0.1, 0.15) is 24.3 Å².